The van der Waals surface area contributed by atoms with E-state index in [1.54, 1.807) is 0 Å². The molecular formula is C12H10BrLiS. The first-order valence-electron chi connectivity index (χ1n) is 4.32. The Morgan fingerprint density at radius 2 is 1.40 bits per heavy atom. The molecule has 0 saturated heterocycles. The Bertz CT molecular complexity index is 419. The molecule has 2 rings (SSSR count). The second-order valence-electron chi connectivity index (χ2n) is 3.00. The van der Waals surface area contributed by atoms with Gasteiger partial charge in [0.2, 0.25) is 0 Å². The molecule has 0 aliphatic rings. The van der Waals surface area contributed by atoms with E-state index in [1.165, 1.54) is 5.56 Å². The summed E-state index contributed by atoms with van der Waals surface area (Å²) in [7, 11) is 0. The SMILES string of the molecule is Sc1ccccc1-c1ccccc1Br.[H-].[Li+]. The summed E-state index contributed by atoms with van der Waals surface area (Å²) in [6.07, 6.45) is 0. The van der Waals surface area contributed by atoms with Crippen molar-refractivity contribution in [2.45, 2.75) is 4.90 Å². The maximum absolute atomic E-state index is 4.44. The first-order valence-corrected chi connectivity index (χ1v) is 5.56. The Balaban J connectivity index is 0.00000112. The summed E-state index contributed by atoms with van der Waals surface area (Å²) < 4.78 is 1.10. The van der Waals surface area contributed by atoms with E-state index in [1.807, 2.05) is 36.4 Å². The quantitative estimate of drug-likeness (QED) is 0.591. The van der Waals surface area contributed by atoms with E-state index in [9.17, 15) is 0 Å². The predicted octanol–water partition coefficient (Wildman–Crippen LogP) is 1.52. The largest absolute Gasteiger partial charge is 1.00 e. The van der Waals surface area contributed by atoms with Crippen LogP contribution in [0.15, 0.2) is 57.9 Å². The molecule has 0 aliphatic carbocycles. The van der Waals surface area contributed by atoms with Crippen molar-refractivity contribution in [3.63, 3.8) is 0 Å². The fourth-order valence-electron chi connectivity index (χ4n) is 1.38. The number of rotatable bonds is 1. The molecule has 0 aliphatic heterocycles. The maximum Gasteiger partial charge on any atom is 1.00 e. The average molecular weight is 273 g/mol. The number of benzene rings is 2. The minimum absolute atomic E-state index is 0. The molecular weight excluding hydrogens is 263 g/mol. The molecule has 0 amide bonds. The van der Waals surface area contributed by atoms with Crippen molar-refractivity contribution in [3.05, 3.63) is 53.0 Å². The molecule has 0 saturated carbocycles. The Hall–Kier alpha value is -0.133. The molecule has 0 nitrogen and oxygen atoms in total. The molecule has 0 atom stereocenters. The minimum Gasteiger partial charge on any atom is -1.00 e. The van der Waals surface area contributed by atoms with Gasteiger partial charge < -0.3 is 1.43 Å². The number of thiol groups is 1. The van der Waals surface area contributed by atoms with Gasteiger partial charge in [-0.25, -0.2) is 0 Å². The fraction of sp³-hybridized carbons (Fsp3) is 0. The summed E-state index contributed by atoms with van der Waals surface area (Å²) in [5.41, 5.74) is 2.33. The van der Waals surface area contributed by atoms with Crippen LogP contribution in [0.5, 0.6) is 0 Å². The van der Waals surface area contributed by atoms with E-state index in [4.69, 9.17) is 0 Å². The first kappa shape index (κ1) is 12.9. The Kier molecular flexibility index (Phi) is 5.02. The normalized spacial score (nSPS) is 9.47. The monoisotopic (exact) mass is 272 g/mol. The van der Waals surface area contributed by atoms with Crippen LogP contribution in [0.1, 0.15) is 1.43 Å². The van der Waals surface area contributed by atoms with Gasteiger partial charge in [-0.05, 0) is 23.3 Å². The van der Waals surface area contributed by atoms with E-state index >= 15 is 0 Å². The van der Waals surface area contributed by atoms with E-state index in [2.05, 4.69) is 40.7 Å². The molecule has 0 N–H and O–H groups in total. The molecule has 0 radical (unpaired) electrons. The van der Waals surface area contributed by atoms with E-state index < -0.39 is 0 Å². The molecule has 2 aromatic rings. The third kappa shape index (κ3) is 2.92. The molecule has 0 spiro atoms. The van der Waals surface area contributed by atoms with Crippen molar-refractivity contribution in [2.24, 2.45) is 0 Å². The molecule has 0 heterocycles. The molecule has 0 bridgehead atoms. The standard InChI is InChI=1S/C12H9BrS.Li.H/c13-11-7-3-1-5-9(11)10-6-2-4-8-12(10)14;;/h1-8,14H;;/q;+1;-1. The van der Waals surface area contributed by atoms with Gasteiger partial charge in [-0.1, -0.05) is 52.3 Å². The third-order valence-electron chi connectivity index (χ3n) is 2.07. The van der Waals surface area contributed by atoms with Crippen molar-refractivity contribution < 1.29 is 20.3 Å². The van der Waals surface area contributed by atoms with Gasteiger partial charge in [0.15, 0.2) is 0 Å². The van der Waals surface area contributed by atoms with Crippen LogP contribution in [-0.4, -0.2) is 0 Å². The molecule has 0 fully saturated rings. The van der Waals surface area contributed by atoms with E-state index in [-0.39, 0.29) is 20.3 Å². The number of hydrogen-bond donors (Lipinski definition) is 1. The summed E-state index contributed by atoms with van der Waals surface area (Å²) in [5, 5.41) is 0. The predicted molar refractivity (Wildman–Crippen MR) is 67.9 cm³/mol. The van der Waals surface area contributed by atoms with Gasteiger partial charge in [0.25, 0.3) is 0 Å². The summed E-state index contributed by atoms with van der Waals surface area (Å²) in [6, 6.07) is 16.2. The summed E-state index contributed by atoms with van der Waals surface area (Å²) in [4.78, 5) is 0.999. The third-order valence-corrected chi connectivity index (χ3v) is 3.15. The zero-order chi connectivity index (χ0) is 9.97. The van der Waals surface area contributed by atoms with Gasteiger partial charge in [0.1, 0.15) is 0 Å². The zero-order valence-corrected chi connectivity index (χ0v) is 10.9. The smallest absolute Gasteiger partial charge is 1.00 e. The van der Waals surface area contributed by atoms with E-state index in [0.29, 0.717) is 0 Å². The summed E-state index contributed by atoms with van der Waals surface area (Å²) in [6.45, 7) is 0. The topological polar surface area (TPSA) is 0 Å². The van der Waals surface area contributed by atoms with Crippen LogP contribution in [0, 0.1) is 0 Å². The van der Waals surface area contributed by atoms with Crippen LogP contribution in [-0.2, 0) is 0 Å². The van der Waals surface area contributed by atoms with Crippen LogP contribution in [0.4, 0.5) is 0 Å². The molecule has 15 heavy (non-hydrogen) atoms. The van der Waals surface area contributed by atoms with Crippen LogP contribution < -0.4 is 18.9 Å². The van der Waals surface area contributed by atoms with Gasteiger partial charge in [-0.15, -0.1) is 12.6 Å². The van der Waals surface area contributed by atoms with Crippen molar-refractivity contribution in [1.29, 1.82) is 0 Å². The first-order chi connectivity index (χ1) is 6.79. The Morgan fingerprint density at radius 1 is 0.867 bits per heavy atom. The summed E-state index contributed by atoms with van der Waals surface area (Å²) >= 11 is 7.97. The van der Waals surface area contributed by atoms with Crippen LogP contribution in [0.25, 0.3) is 11.1 Å². The molecule has 72 valence electrons. The Labute approximate surface area is 117 Å². The van der Waals surface area contributed by atoms with Crippen molar-refractivity contribution in [2.75, 3.05) is 0 Å². The second kappa shape index (κ2) is 5.82. The van der Waals surface area contributed by atoms with Crippen LogP contribution >= 0.6 is 28.6 Å². The molecule has 2 aromatic carbocycles. The fourth-order valence-corrected chi connectivity index (χ4v) is 2.16. The Morgan fingerprint density at radius 3 is 2.00 bits per heavy atom. The average Bonchev–Trinajstić information content (AvgIpc) is 2.20. The van der Waals surface area contributed by atoms with Gasteiger partial charge in [0, 0.05) is 9.37 Å². The van der Waals surface area contributed by atoms with Crippen molar-refractivity contribution >= 4 is 28.6 Å². The zero-order valence-electron chi connectivity index (χ0n) is 9.44. The maximum atomic E-state index is 4.44. The molecule has 3 heteroatoms. The van der Waals surface area contributed by atoms with Crippen molar-refractivity contribution in [3.8, 4) is 11.1 Å². The van der Waals surface area contributed by atoms with Crippen LogP contribution in [0.3, 0.4) is 0 Å². The second-order valence-corrected chi connectivity index (χ2v) is 4.33. The van der Waals surface area contributed by atoms with Gasteiger partial charge in [-0.3, -0.25) is 0 Å². The van der Waals surface area contributed by atoms with Gasteiger partial charge in [-0.2, -0.15) is 0 Å². The molecule has 0 aromatic heterocycles. The van der Waals surface area contributed by atoms with Gasteiger partial charge >= 0.3 is 18.9 Å². The van der Waals surface area contributed by atoms with E-state index in [0.717, 1.165) is 14.9 Å². The minimum atomic E-state index is 0. The van der Waals surface area contributed by atoms with Crippen LogP contribution in [0.2, 0.25) is 0 Å². The number of halogens is 1. The van der Waals surface area contributed by atoms with Gasteiger partial charge in [0.05, 0.1) is 0 Å². The van der Waals surface area contributed by atoms with Crippen molar-refractivity contribution in [1.82, 2.24) is 0 Å². The molecule has 0 unspecified atom stereocenters. The summed E-state index contributed by atoms with van der Waals surface area (Å²) in [5.74, 6) is 0. The number of hydrogen-bond acceptors (Lipinski definition) is 1.